The number of fused-ring (bicyclic) bond motifs is 1. The van der Waals surface area contributed by atoms with Crippen LogP contribution < -0.4 is 21.3 Å². The third kappa shape index (κ3) is 9.49. The Kier molecular flexibility index (Phi) is 12.6. The summed E-state index contributed by atoms with van der Waals surface area (Å²) in [5, 5.41) is 18.6. The summed E-state index contributed by atoms with van der Waals surface area (Å²) in [6.07, 6.45) is 5.26. The molecule has 51 heavy (non-hydrogen) atoms. The quantitative estimate of drug-likeness (QED) is 0.138. The Morgan fingerprint density at radius 2 is 1.75 bits per heavy atom. The van der Waals surface area contributed by atoms with Crippen LogP contribution in [-0.2, 0) is 46.9 Å². The van der Waals surface area contributed by atoms with Gasteiger partial charge in [0.05, 0.1) is 17.3 Å². The summed E-state index contributed by atoms with van der Waals surface area (Å²) in [7, 11) is 0. The van der Waals surface area contributed by atoms with E-state index in [9.17, 15) is 14.0 Å². The molecule has 2 saturated heterocycles. The molecule has 0 bridgehead atoms. The molecule has 0 radical (unpaired) electrons. The summed E-state index contributed by atoms with van der Waals surface area (Å²) in [5.41, 5.74) is 7.04. The fourth-order valence-corrected chi connectivity index (χ4v) is 6.94. The molecule has 4 aromatic rings. The van der Waals surface area contributed by atoms with Gasteiger partial charge in [0, 0.05) is 101 Å². The van der Waals surface area contributed by atoms with Gasteiger partial charge in [0.1, 0.15) is 5.82 Å². The highest BCUT2D eigenvalue weighted by atomic mass is 19.1. The van der Waals surface area contributed by atoms with E-state index < -0.39 is 0 Å². The van der Waals surface area contributed by atoms with Crippen LogP contribution in [0.4, 0.5) is 10.1 Å². The molecule has 2 aliphatic rings. The number of pyridine rings is 1. The molecule has 2 fully saturated rings. The van der Waals surface area contributed by atoms with E-state index in [1.54, 1.807) is 6.07 Å². The lowest BCUT2D eigenvalue weighted by molar-refractivity contribution is -0.122. The van der Waals surface area contributed by atoms with Gasteiger partial charge in [-0.3, -0.25) is 14.5 Å². The lowest BCUT2D eigenvalue weighted by Crippen LogP contribution is -2.42. The summed E-state index contributed by atoms with van der Waals surface area (Å²) in [6.45, 7) is 11.7. The second-order valence-corrected chi connectivity index (χ2v) is 13.4. The van der Waals surface area contributed by atoms with Gasteiger partial charge in [-0.05, 0) is 67.5 Å². The third-order valence-corrected chi connectivity index (χ3v) is 9.82. The van der Waals surface area contributed by atoms with Crippen molar-refractivity contribution in [3.05, 3.63) is 76.9 Å². The minimum atomic E-state index is -0.292. The zero-order valence-corrected chi connectivity index (χ0v) is 29.9. The normalized spacial score (nSPS) is 15.6. The van der Waals surface area contributed by atoms with Crippen LogP contribution in [0.3, 0.4) is 0 Å². The monoisotopic (exact) mass is 698 g/mol. The SMILES string of the molecule is CCc1nc2c(cnn2CC)c(NC2CCOCC2)c1CNC(=O)CCCC(=O)NCc1ccc(F)c(-c2cccc(CN3CCNCC3)c2)c1. The third-order valence-electron chi connectivity index (χ3n) is 9.82. The standard InChI is InChI=1S/C39H51FN8O3/c1-3-35-32(38(45-30-13-19-51-20-14-30)33-25-44-48(4-2)39(33)46-35)24-43-37(50)10-6-9-36(49)42-23-27-11-12-34(40)31(22-27)29-8-5-7-28(21-29)26-47-17-15-41-16-18-47/h5,7-8,11-12,21-22,25,30,41H,3-4,6,9-10,13-20,23-24,26H2,1-2H3,(H,42,49)(H,43,50)(H,45,46). The van der Waals surface area contributed by atoms with Gasteiger partial charge in [0.2, 0.25) is 11.8 Å². The van der Waals surface area contributed by atoms with Crippen LogP contribution in [0.5, 0.6) is 0 Å². The minimum Gasteiger partial charge on any atom is -0.381 e. The van der Waals surface area contributed by atoms with Gasteiger partial charge in [-0.1, -0.05) is 31.2 Å². The Balaban J connectivity index is 1.01. The van der Waals surface area contributed by atoms with Crippen molar-refractivity contribution in [2.75, 3.05) is 44.7 Å². The summed E-state index contributed by atoms with van der Waals surface area (Å²) >= 11 is 0. The van der Waals surface area contributed by atoms with E-state index in [2.05, 4.69) is 50.3 Å². The topological polar surface area (TPSA) is 125 Å². The Morgan fingerprint density at radius 1 is 0.980 bits per heavy atom. The molecule has 12 heteroatoms. The highest BCUT2D eigenvalue weighted by Gasteiger charge is 2.22. The number of nitrogens with one attached hydrogen (secondary N) is 4. The zero-order chi connectivity index (χ0) is 35.6. The maximum absolute atomic E-state index is 15.0. The average Bonchev–Trinajstić information content (AvgIpc) is 3.57. The average molecular weight is 699 g/mol. The molecular formula is C39H51FN8O3. The zero-order valence-electron chi connectivity index (χ0n) is 29.9. The number of amides is 2. The van der Waals surface area contributed by atoms with Crippen molar-refractivity contribution in [3.8, 4) is 11.1 Å². The Labute approximate surface area is 299 Å². The molecule has 2 amide bonds. The van der Waals surface area contributed by atoms with Crippen LogP contribution in [0.1, 0.15) is 68.3 Å². The van der Waals surface area contributed by atoms with E-state index >= 15 is 0 Å². The number of benzene rings is 2. The van der Waals surface area contributed by atoms with Crippen molar-refractivity contribution >= 4 is 28.5 Å². The van der Waals surface area contributed by atoms with E-state index in [4.69, 9.17) is 9.72 Å². The number of carbonyl (C=O) groups excluding carboxylic acids is 2. The largest absolute Gasteiger partial charge is 0.381 e. The fourth-order valence-electron chi connectivity index (χ4n) is 6.94. The van der Waals surface area contributed by atoms with E-state index in [0.717, 1.165) is 116 Å². The van der Waals surface area contributed by atoms with Crippen molar-refractivity contribution in [3.63, 3.8) is 0 Å². The highest BCUT2D eigenvalue weighted by Crippen LogP contribution is 2.31. The van der Waals surface area contributed by atoms with Gasteiger partial charge in [-0.15, -0.1) is 0 Å². The molecule has 2 aromatic carbocycles. The Morgan fingerprint density at radius 3 is 2.49 bits per heavy atom. The number of carbonyl (C=O) groups is 2. The molecule has 2 aromatic heterocycles. The van der Waals surface area contributed by atoms with Gasteiger partial charge >= 0.3 is 0 Å². The Hall–Kier alpha value is -4.39. The molecule has 0 spiro atoms. The number of ether oxygens (including phenoxy) is 1. The highest BCUT2D eigenvalue weighted by molar-refractivity contribution is 5.92. The fraction of sp³-hybridized carbons (Fsp3) is 0.487. The molecule has 2 aliphatic heterocycles. The number of aromatic nitrogens is 3. The predicted octanol–water partition coefficient (Wildman–Crippen LogP) is 4.92. The van der Waals surface area contributed by atoms with Gasteiger partial charge in [-0.2, -0.15) is 5.10 Å². The maximum Gasteiger partial charge on any atom is 0.220 e. The number of anilines is 1. The van der Waals surface area contributed by atoms with Crippen LogP contribution in [-0.4, -0.2) is 76.9 Å². The summed E-state index contributed by atoms with van der Waals surface area (Å²) < 4.78 is 22.4. The smallest absolute Gasteiger partial charge is 0.220 e. The molecule has 4 N–H and O–H groups in total. The first-order valence-corrected chi connectivity index (χ1v) is 18.5. The van der Waals surface area contributed by atoms with E-state index in [1.165, 1.54) is 6.07 Å². The first-order valence-electron chi connectivity index (χ1n) is 18.5. The summed E-state index contributed by atoms with van der Waals surface area (Å²) in [6, 6.07) is 13.3. The molecule has 0 saturated carbocycles. The molecule has 6 rings (SSSR count). The molecule has 272 valence electrons. The van der Waals surface area contributed by atoms with Crippen molar-refractivity contribution < 1.29 is 18.7 Å². The van der Waals surface area contributed by atoms with E-state index in [0.29, 0.717) is 18.5 Å². The minimum absolute atomic E-state index is 0.117. The molecule has 11 nitrogen and oxygen atoms in total. The molecule has 0 atom stereocenters. The van der Waals surface area contributed by atoms with Crippen LogP contribution in [0.15, 0.2) is 48.7 Å². The maximum atomic E-state index is 15.0. The number of piperazine rings is 1. The number of halogens is 1. The van der Waals surface area contributed by atoms with Gasteiger partial charge < -0.3 is 26.0 Å². The molecule has 4 heterocycles. The van der Waals surface area contributed by atoms with E-state index in [-0.39, 0.29) is 43.1 Å². The van der Waals surface area contributed by atoms with Crippen LogP contribution in [0.25, 0.3) is 22.2 Å². The molecule has 0 unspecified atom stereocenters. The summed E-state index contributed by atoms with van der Waals surface area (Å²) in [4.78, 5) is 33.1. The lowest BCUT2D eigenvalue weighted by Gasteiger charge is -2.27. The van der Waals surface area contributed by atoms with Crippen molar-refractivity contribution in [1.29, 1.82) is 0 Å². The predicted molar refractivity (Wildman–Crippen MR) is 198 cm³/mol. The Bertz CT molecular complexity index is 1800. The van der Waals surface area contributed by atoms with Gasteiger partial charge in [0.25, 0.3) is 0 Å². The number of rotatable bonds is 15. The van der Waals surface area contributed by atoms with Crippen LogP contribution >= 0.6 is 0 Å². The van der Waals surface area contributed by atoms with Crippen molar-refractivity contribution in [2.45, 2.75) is 84.6 Å². The number of hydrogen-bond donors (Lipinski definition) is 4. The van der Waals surface area contributed by atoms with Gasteiger partial charge in [0.15, 0.2) is 5.65 Å². The number of nitrogens with zero attached hydrogens (tertiary/aromatic N) is 4. The summed E-state index contributed by atoms with van der Waals surface area (Å²) in [5.74, 6) is -0.557. The first-order chi connectivity index (χ1) is 24.9. The van der Waals surface area contributed by atoms with Crippen LogP contribution in [0, 0.1) is 5.82 Å². The number of aryl methyl sites for hydroxylation is 2. The molecular weight excluding hydrogens is 647 g/mol. The van der Waals surface area contributed by atoms with E-state index in [1.807, 2.05) is 36.0 Å². The number of hydrogen-bond acceptors (Lipinski definition) is 8. The second kappa shape index (κ2) is 17.7. The second-order valence-electron chi connectivity index (χ2n) is 13.4. The van der Waals surface area contributed by atoms with Gasteiger partial charge in [-0.25, -0.2) is 14.1 Å². The van der Waals surface area contributed by atoms with Crippen molar-refractivity contribution in [1.82, 2.24) is 35.6 Å². The molecule has 0 aliphatic carbocycles. The van der Waals surface area contributed by atoms with Crippen LogP contribution in [0.2, 0.25) is 0 Å². The first kappa shape index (κ1) is 36.4. The lowest BCUT2D eigenvalue weighted by atomic mass is 10.00. The van der Waals surface area contributed by atoms with Crippen molar-refractivity contribution in [2.24, 2.45) is 0 Å².